The summed E-state index contributed by atoms with van der Waals surface area (Å²) in [6, 6.07) is 33.0. The van der Waals surface area contributed by atoms with E-state index in [9.17, 15) is 9.90 Å². The maximum atomic E-state index is 13.1. The highest BCUT2D eigenvalue weighted by atomic mass is 16.3. The van der Waals surface area contributed by atoms with Gasteiger partial charge in [0.15, 0.2) is 5.78 Å². The summed E-state index contributed by atoms with van der Waals surface area (Å²) in [6.07, 6.45) is -0.892. The number of rotatable bonds is 6. The molecule has 0 saturated heterocycles. The molecule has 0 aromatic heterocycles. The van der Waals surface area contributed by atoms with Crippen molar-refractivity contribution in [3.63, 3.8) is 0 Å². The number of aliphatic hydroxyl groups is 1. The summed E-state index contributed by atoms with van der Waals surface area (Å²) in [7, 11) is 0. The second kappa shape index (κ2) is 8.68. The molecule has 0 aliphatic carbocycles. The predicted octanol–water partition coefficient (Wildman–Crippen LogP) is 5.42. The van der Waals surface area contributed by atoms with E-state index < -0.39 is 6.10 Å². The van der Waals surface area contributed by atoms with E-state index in [2.05, 4.69) is 0 Å². The number of ketones is 1. The lowest BCUT2D eigenvalue weighted by Gasteiger charge is -2.16. The molecule has 0 heterocycles. The number of hydrogen-bond donors (Lipinski definition) is 2. The van der Waals surface area contributed by atoms with Crippen molar-refractivity contribution in [1.29, 1.82) is 5.41 Å². The molecule has 0 fully saturated rings. The fourth-order valence-corrected chi connectivity index (χ4v) is 3.44. The summed E-state index contributed by atoms with van der Waals surface area (Å²) in [6.45, 7) is 0. The molecule has 3 nitrogen and oxygen atoms in total. The Labute approximate surface area is 175 Å². The Bertz CT molecular complexity index is 1100. The first kappa shape index (κ1) is 19.5. The fourth-order valence-electron chi connectivity index (χ4n) is 3.44. The standard InChI is InChI=1S/C27H21NO2/c28-25(19-10-4-1-5-11-19)22-16-23(26(29)20-12-6-2-7-13-20)18-24(17-22)27(30)21-14-8-3-9-15-21/h1-18,26,28-29H. The number of carbonyl (C=O) groups is 1. The Balaban J connectivity index is 1.82. The van der Waals surface area contributed by atoms with Crippen molar-refractivity contribution in [2.24, 2.45) is 0 Å². The molecular weight excluding hydrogens is 370 g/mol. The van der Waals surface area contributed by atoms with Crippen LogP contribution in [0.2, 0.25) is 0 Å². The number of hydrogen-bond acceptors (Lipinski definition) is 3. The van der Waals surface area contributed by atoms with Crippen molar-refractivity contribution < 1.29 is 9.90 Å². The van der Waals surface area contributed by atoms with Gasteiger partial charge in [0, 0.05) is 16.7 Å². The van der Waals surface area contributed by atoms with Crippen LogP contribution < -0.4 is 0 Å². The molecule has 0 aliphatic rings. The van der Waals surface area contributed by atoms with E-state index in [1.54, 1.807) is 30.3 Å². The van der Waals surface area contributed by atoms with E-state index in [0.717, 1.165) is 11.1 Å². The highest BCUT2D eigenvalue weighted by Gasteiger charge is 2.18. The van der Waals surface area contributed by atoms with Crippen LogP contribution in [0.1, 0.15) is 44.3 Å². The second-order valence-corrected chi connectivity index (χ2v) is 7.09. The second-order valence-electron chi connectivity index (χ2n) is 7.09. The maximum Gasteiger partial charge on any atom is 0.193 e. The third-order valence-corrected chi connectivity index (χ3v) is 5.04. The average molecular weight is 391 g/mol. The highest BCUT2D eigenvalue weighted by Crippen LogP contribution is 2.26. The van der Waals surface area contributed by atoms with Gasteiger partial charge in [0.25, 0.3) is 0 Å². The van der Waals surface area contributed by atoms with E-state index in [1.807, 2.05) is 78.9 Å². The van der Waals surface area contributed by atoms with Gasteiger partial charge in [0.05, 0.1) is 5.71 Å². The minimum Gasteiger partial charge on any atom is -0.384 e. The maximum absolute atomic E-state index is 13.1. The van der Waals surface area contributed by atoms with Gasteiger partial charge in [-0.05, 0) is 34.9 Å². The first-order valence-corrected chi connectivity index (χ1v) is 9.75. The lowest BCUT2D eigenvalue weighted by molar-refractivity contribution is 0.103. The average Bonchev–Trinajstić information content (AvgIpc) is 2.84. The Morgan fingerprint density at radius 3 is 1.70 bits per heavy atom. The molecule has 0 bridgehead atoms. The third-order valence-electron chi connectivity index (χ3n) is 5.04. The van der Waals surface area contributed by atoms with Crippen molar-refractivity contribution in [3.05, 3.63) is 143 Å². The Morgan fingerprint density at radius 2 is 1.10 bits per heavy atom. The van der Waals surface area contributed by atoms with Gasteiger partial charge in [-0.2, -0.15) is 0 Å². The minimum absolute atomic E-state index is 0.139. The zero-order valence-corrected chi connectivity index (χ0v) is 16.3. The van der Waals surface area contributed by atoms with Gasteiger partial charge < -0.3 is 5.11 Å². The third kappa shape index (κ3) is 4.12. The SMILES string of the molecule is N=C(c1ccccc1)c1cc(C(=O)c2ccccc2)cc(C(O)c2ccccc2)c1. The van der Waals surface area contributed by atoms with E-state index >= 15 is 0 Å². The largest absolute Gasteiger partial charge is 0.384 e. The molecule has 146 valence electrons. The van der Waals surface area contributed by atoms with Crippen molar-refractivity contribution >= 4 is 11.5 Å². The number of nitrogens with one attached hydrogen (secondary N) is 1. The summed E-state index contributed by atoms with van der Waals surface area (Å²) >= 11 is 0. The van der Waals surface area contributed by atoms with Crippen molar-refractivity contribution in [2.45, 2.75) is 6.10 Å². The molecule has 3 heteroatoms. The molecule has 2 N–H and O–H groups in total. The van der Waals surface area contributed by atoms with Crippen LogP contribution in [0.25, 0.3) is 0 Å². The molecule has 0 amide bonds. The lowest BCUT2D eigenvalue weighted by atomic mass is 9.91. The number of carbonyl (C=O) groups excluding carboxylic acids is 1. The highest BCUT2D eigenvalue weighted by molar-refractivity contribution is 6.14. The van der Waals surface area contributed by atoms with E-state index in [0.29, 0.717) is 28.0 Å². The van der Waals surface area contributed by atoms with Crippen molar-refractivity contribution in [2.75, 3.05) is 0 Å². The molecule has 0 radical (unpaired) electrons. The molecule has 30 heavy (non-hydrogen) atoms. The summed E-state index contributed by atoms with van der Waals surface area (Å²) in [5.74, 6) is -0.139. The molecule has 0 aliphatic heterocycles. The normalized spacial score (nSPS) is 11.6. The first-order valence-electron chi connectivity index (χ1n) is 9.75. The summed E-state index contributed by atoms with van der Waals surface area (Å²) in [4.78, 5) is 13.1. The first-order chi connectivity index (χ1) is 14.6. The van der Waals surface area contributed by atoms with Gasteiger partial charge in [-0.1, -0.05) is 91.0 Å². The predicted molar refractivity (Wildman–Crippen MR) is 119 cm³/mol. The van der Waals surface area contributed by atoms with Gasteiger partial charge in [-0.15, -0.1) is 0 Å². The van der Waals surface area contributed by atoms with Gasteiger partial charge in [-0.25, -0.2) is 0 Å². The number of aliphatic hydroxyl groups excluding tert-OH is 1. The van der Waals surface area contributed by atoms with Gasteiger partial charge in [0.1, 0.15) is 6.10 Å². The van der Waals surface area contributed by atoms with E-state index in [1.165, 1.54) is 0 Å². The molecule has 0 saturated carbocycles. The van der Waals surface area contributed by atoms with Crippen LogP contribution in [0.5, 0.6) is 0 Å². The molecule has 1 unspecified atom stereocenters. The van der Waals surface area contributed by atoms with Gasteiger partial charge >= 0.3 is 0 Å². The van der Waals surface area contributed by atoms with Crippen LogP contribution >= 0.6 is 0 Å². The zero-order valence-electron chi connectivity index (χ0n) is 16.3. The fraction of sp³-hybridized carbons (Fsp3) is 0.0370. The van der Waals surface area contributed by atoms with Crippen molar-refractivity contribution in [3.8, 4) is 0 Å². The van der Waals surface area contributed by atoms with E-state index in [-0.39, 0.29) is 5.78 Å². The van der Waals surface area contributed by atoms with Crippen LogP contribution in [-0.2, 0) is 0 Å². The van der Waals surface area contributed by atoms with Crippen LogP contribution in [0.15, 0.2) is 109 Å². The van der Waals surface area contributed by atoms with Gasteiger partial charge in [0.2, 0.25) is 0 Å². The molecule has 1 atom stereocenters. The monoisotopic (exact) mass is 391 g/mol. The number of benzene rings is 4. The van der Waals surface area contributed by atoms with Crippen LogP contribution in [0.4, 0.5) is 0 Å². The quantitative estimate of drug-likeness (QED) is 0.341. The lowest BCUT2D eigenvalue weighted by Crippen LogP contribution is -2.10. The Hall–Kier alpha value is -3.82. The van der Waals surface area contributed by atoms with Crippen LogP contribution in [0, 0.1) is 5.41 Å². The minimum atomic E-state index is -0.892. The topological polar surface area (TPSA) is 61.2 Å². The Morgan fingerprint density at radius 1 is 0.600 bits per heavy atom. The van der Waals surface area contributed by atoms with Crippen LogP contribution in [0.3, 0.4) is 0 Å². The molecule has 4 rings (SSSR count). The summed E-state index contributed by atoms with van der Waals surface area (Å²) in [5, 5.41) is 19.6. The zero-order chi connectivity index (χ0) is 20.9. The van der Waals surface area contributed by atoms with Crippen LogP contribution in [-0.4, -0.2) is 16.6 Å². The molecule has 0 spiro atoms. The van der Waals surface area contributed by atoms with Gasteiger partial charge in [-0.3, -0.25) is 10.2 Å². The van der Waals surface area contributed by atoms with E-state index in [4.69, 9.17) is 5.41 Å². The summed E-state index contributed by atoms with van der Waals surface area (Å²) < 4.78 is 0. The van der Waals surface area contributed by atoms with Crippen molar-refractivity contribution in [1.82, 2.24) is 0 Å². The molecular formula is C27H21NO2. The Kier molecular flexibility index (Phi) is 5.64. The smallest absolute Gasteiger partial charge is 0.193 e. The molecule has 4 aromatic carbocycles. The summed E-state index contributed by atoms with van der Waals surface area (Å²) in [5.41, 5.74) is 3.98. The molecule has 4 aromatic rings.